The topological polar surface area (TPSA) is 57.7 Å². The van der Waals surface area contributed by atoms with Gasteiger partial charge < -0.3 is 4.90 Å². The van der Waals surface area contributed by atoms with Gasteiger partial charge in [-0.05, 0) is 49.9 Å². The molecule has 0 unspecified atom stereocenters. The zero-order chi connectivity index (χ0) is 20.6. The predicted octanol–water partition coefficient (Wildman–Crippen LogP) is 4.07. The van der Waals surface area contributed by atoms with E-state index in [4.69, 9.17) is 11.6 Å². The molecule has 1 saturated carbocycles. The molecule has 2 aliphatic rings. The van der Waals surface area contributed by atoms with Crippen LogP contribution in [0, 0.1) is 5.82 Å². The molecule has 154 valence electrons. The molecular formula is C21H22ClFN2O3S. The van der Waals surface area contributed by atoms with Crippen molar-refractivity contribution in [3.8, 4) is 0 Å². The highest BCUT2D eigenvalue weighted by atomic mass is 35.5. The van der Waals surface area contributed by atoms with Gasteiger partial charge in [-0.25, -0.2) is 12.8 Å². The van der Waals surface area contributed by atoms with E-state index >= 15 is 0 Å². The van der Waals surface area contributed by atoms with Gasteiger partial charge in [-0.2, -0.15) is 4.31 Å². The zero-order valence-corrected chi connectivity index (χ0v) is 17.4. The Morgan fingerprint density at radius 1 is 1.14 bits per heavy atom. The standard InChI is InChI=1S/C21H22ClFN2O3S/c22-18-10-7-15(13-20(18)29(27,28)24-11-3-4-12-24)21(26)25(17-8-9-17)14-16-5-1-2-6-19(16)23/h1-2,5-7,10,13,17H,3-4,8-9,11-12,14H2. The van der Waals surface area contributed by atoms with E-state index in [0.29, 0.717) is 18.7 Å². The molecule has 2 aromatic carbocycles. The van der Waals surface area contributed by atoms with Crippen LogP contribution in [0.25, 0.3) is 0 Å². The summed E-state index contributed by atoms with van der Waals surface area (Å²) in [6.07, 6.45) is 3.33. The zero-order valence-electron chi connectivity index (χ0n) is 15.9. The second kappa shape index (κ2) is 8.05. The van der Waals surface area contributed by atoms with Gasteiger partial charge in [0.2, 0.25) is 10.0 Å². The number of sulfonamides is 1. The molecular weight excluding hydrogens is 415 g/mol. The molecule has 2 fully saturated rings. The average Bonchev–Trinajstić information content (AvgIpc) is 3.38. The highest BCUT2D eigenvalue weighted by Gasteiger charge is 2.35. The Labute approximate surface area is 175 Å². The summed E-state index contributed by atoms with van der Waals surface area (Å²) >= 11 is 6.19. The minimum atomic E-state index is -3.75. The Hall–Kier alpha value is -1.96. The van der Waals surface area contributed by atoms with Gasteiger partial charge >= 0.3 is 0 Å². The number of halogens is 2. The number of carbonyl (C=O) groups is 1. The largest absolute Gasteiger partial charge is 0.331 e. The van der Waals surface area contributed by atoms with Crippen LogP contribution < -0.4 is 0 Å². The number of rotatable bonds is 6. The lowest BCUT2D eigenvalue weighted by Crippen LogP contribution is -2.33. The number of hydrogen-bond donors (Lipinski definition) is 0. The van der Waals surface area contributed by atoms with E-state index in [0.717, 1.165) is 25.7 Å². The molecule has 0 bridgehead atoms. The summed E-state index contributed by atoms with van der Waals surface area (Å²) in [6, 6.07) is 10.7. The second-order valence-electron chi connectivity index (χ2n) is 7.51. The lowest BCUT2D eigenvalue weighted by molar-refractivity contribution is 0.0728. The van der Waals surface area contributed by atoms with Crippen LogP contribution in [0.15, 0.2) is 47.4 Å². The Morgan fingerprint density at radius 2 is 1.83 bits per heavy atom. The van der Waals surface area contributed by atoms with Crippen molar-refractivity contribution in [3.63, 3.8) is 0 Å². The summed E-state index contributed by atoms with van der Waals surface area (Å²) in [4.78, 5) is 14.8. The summed E-state index contributed by atoms with van der Waals surface area (Å²) in [5, 5.41) is 0.0977. The molecule has 1 aliphatic heterocycles. The van der Waals surface area contributed by atoms with E-state index in [9.17, 15) is 17.6 Å². The van der Waals surface area contributed by atoms with Crippen molar-refractivity contribution in [1.29, 1.82) is 0 Å². The average molecular weight is 437 g/mol. The number of benzene rings is 2. The molecule has 1 saturated heterocycles. The van der Waals surface area contributed by atoms with E-state index in [1.54, 1.807) is 23.1 Å². The quantitative estimate of drug-likeness (QED) is 0.685. The number of nitrogens with zero attached hydrogens (tertiary/aromatic N) is 2. The highest BCUT2D eigenvalue weighted by Crippen LogP contribution is 2.32. The van der Waals surface area contributed by atoms with Gasteiger partial charge in [0.1, 0.15) is 10.7 Å². The first-order chi connectivity index (χ1) is 13.9. The van der Waals surface area contributed by atoms with E-state index < -0.39 is 10.0 Å². The Morgan fingerprint density at radius 3 is 2.48 bits per heavy atom. The number of hydrogen-bond acceptors (Lipinski definition) is 3. The van der Waals surface area contributed by atoms with Crippen LogP contribution in [0.3, 0.4) is 0 Å². The van der Waals surface area contributed by atoms with Gasteiger partial charge in [-0.3, -0.25) is 4.79 Å². The van der Waals surface area contributed by atoms with Gasteiger partial charge in [0.15, 0.2) is 0 Å². The molecule has 0 spiro atoms. The van der Waals surface area contributed by atoms with Crippen LogP contribution in [0.1, 0.15) is 41.6 Å². The molecule has 1 aliphatic carbocycles. The molecule has 5 nitrogen and oxygen atoms in total. The minimum absolute atomic E-state index is 0.0384. The van der Waals surface area contributed by atoms with Crippen LogP contribution >= 0.6 is 11.6 Å². The Bertz CT molecular complexity index is 1030. The van der Waals surface area contributed by atoms with Crippen molar-refractivity contribution in [2.45, 2.75) is 43.2 Å². The van der Waals surface area contributed by atoms with Gasteiger partial charge in [0, 0.05) is 36.8 Å². The van der Waals surface area contributed by atoms with E-state index in [2.05, 4.69) is 0 Å². The fourth-order valence-corrected chi connectivity index (χ4v) is 5.65. The molecule has 1 heterocycles. The van der Waals surface area contributed by atoms with E-state index in [1.807, 2.05) is 0 Å². The first kappa shape index (κ1) is 20.3. The molecule has 0 atom stereocenters. The van der Waals surface area contributed by atoms with Crippen LogP contribution in [0.4, 0.5) is 4.39 Å². The van der Waals surface area contributed by atoms with E-state index in [-0.39, 0.29) is 39.8 Å². The maximum absolute atomic E-state index is 14.1. The fourth-order valence-electron chi connectivity index (χ4n) is 3.63. The molecule has 1 amide bonds. The molecule has 0 radical (unpaired) electrons. The smallest absolute Gasteiger partial charge is 0.254 e. The molecule has 8 heteroatoms. The van der Waals surface area contributed by atoms with Gasteiger partial charge in [-0.15, -0.1) is 0 Å². The van der Waals surface area contributed by atoms with Crippen LogP contribution in [-0.4, -0.2) is 42.7 Å². The van der Waals surface area contributed by atoms with Gasteiger partial charge in [-0.1, -0.05) is 29.8 Å². The Balaban J connectivity index is 1.64. The molecule has 0 aromatic heterocycles. The van der Waals surface area contributed by atoms with E-state index in [1.165, 1.54) is 28.6 Å². The predicted molar refractivity (Wildman–Crippen MR) is 109 cm³/mol. The normalized spacial score (nSPS) is 17.4. The van der Waals surface area contributed by atoms with Crippen LogP contribution in [0.5, 0.6) is 0 Å². The van der Waals surface area contributed by atoms with Crippen LogP contribution in [0.2, 0.25) is 5.02 Å². The molecule has 29 heavy (non-hydrogen) atoms. The summed E-state index contributed by atoms with van der Waals surface area (Å²) in [7, 11) is -3.75. The lowest BCUT2D eigenvalue weighted by atomic mass is 10.1. The van der Waals surface area contributed by atoms with Crippen molar-refractivity contribution >= 4 is 27.5 Å². The number of amides is 1. The summed E-state index contributed by atoms with van der Waals surface area (Å²) in [5.41, 5.74) is 0.682. The van der Waals surface area contributed by atoms with Crippen molar-refractivity contribution in [1.82, 2.24) is 9.21 Å². The van der Waals surface area contributed by atoms with Gasteiger partial charge in [0.05, 0.1) is 5.02 Å². The molecule has 2 aromatic rings. The second-order valence-corrected chi connectivity index (χ2v) is 9.83. The summed E-state index contributed by atoms with van der Waals surface area (Å²) in [6.45, 7) is 1.06. The first-order valence-corrected chi connectivity index (χ1v) is 11.5. The summed E-state index contributed by atoms with van der Waals surface area (Å²) in [5.74, 6) is -0.676. The lowest BCUT2D eigenvalue weighted by Gasteiger charge is -2.24. The third kappa shape index (κ3) is 4.17. The molecule has 0 N–H and O–H groups in total. The van der Waals surface area contributed by atoms with Gasteiger partial charge in [0.25, 0.3) is 5.91 Å². The monoisotopic (exact) mass is 436 g/mol. The third-order valence-electron chi connectivity index (χ3n) is 5.41. The fraction of sp³-hybridized carbons (Fsp3) is 0.381. The minimum Gasteiger partial charge on any atom is -0.331 e. The first-order valence-electron chi connectivity index (χ1n) is 9.72. The summed E-state index contributed by atoms with van der Waals surface area (Å²) < 4.78 is 41.4. The maximum atomic E-state index is 14.1. The highest BCUT2D eigenvalue weighted by molar-refractivity contribution is 7.89. The number of carbonyl (C=O) groups excluding carboxylic acids is 1. The van der Waals surface area contributed by atoms with Crippen molar-refractivity contribution in [3.05, 3.63) is 64.4 Å². The van der Waals surface area contributed by atoms with Crippen molar-refractivity contribution < 1.29 is 17.6 Å². The SMILES string of the molecule is O=C(c1ccc(Cl)c(S(=O)(=O)N2CCCC2)c1)N(Cc1ccccc1F)C1CC1. The molecule has 4 rings (SSSR count). The van der Waals surface area contributed by atoms with Crippen LogP contribution in [-0.2, 0) is 16.6 Å². The van der Waals surface area contributed by atoms with Crippen molar-refractivity contribution in [2.24, 2.45) is 0 Å². The maximum Gasteiger partial charge on any atom is 0.254 e. The Kier molecular flexibility index (Phi) is 5.64. The van der Waals surface area contributed by atoms with Crippen molar-refractivity contribution in [2.75, 3.05) is 13.1 Å². The third-order valence-corrected chi connectivity index (χ3v) is 7.79.